The lowest BCUT2D eigenvalue weighted by molar-refractivity contribution is -0.145. The SMILES string of the molecule is CCOC(=O)c1cnn(C2CCCN(c3cc(Cl)ccc3-c3ccc(N4CCN(C(=O)OCC(C)C)CC4)cc3)C2)c1C(F)(F)F. The van der Waals surface area contributed by atoms with Crippen LogP contribution in [0.4, 0.5) is 29.3 Å². The van der Waals surface area contributed by atoms with Gasteiger partial charge in [0.25, 0.3) is 0 Å². The summed E-state index contributed by atoms with van der Waals surface area (Å²) < 4.78 is 53.8. The summed E-state index contributed by atoms with van der Waals surface area (Å²) in [6.45, 7) is 9.30. The van der Waals surface area contributed by atoms with Crippen LogP contribution in [-0.4, -0.2) is 79.2 Å². The number of ether oxygens (including phenoxy) is 2. The highest BCUT2D eigenvalue weighted by atomic mass is 35.5. The summed E-state index contributed by atoms with van der Waals surface area (Å²) in [7, 11) is 0. The van der Waals surface area contributed by atoms with Crippen molar-refractivity contribution >= 4 is 35.0 Å². The van der Waals surface area contributed by atoms with E-state index in [1.54, 1.807) is 17.9 Å². The van der Waals surface area contributed by atoms with E-state index < -0.39 is 29.4 Å². The van der Waals surface area contributed by atoms with Crippen molar-refractivity contribution in [3.8, 4) is 11.1 Å². The van der Waals surface area contributed by atoms with Crippen LogP contribution in [0.5, 0.6) is 0 Å². The van der Waals surface area contributed by atoms with E-state index in [1.165, 1.54) is 0 Å². The number of rotatable bonds is 8. The Morgan fingerprint density at radius 2 is 1.72 bits per heavy atom. The average Bonchev–Trinajstić information content (AvgIpc) is 3.51. The zero-order chi connectivity index (χ0) is 33.0. The minimum absolute atomic E-state index is 0.0390. The first-order valence-corrected chi connectivity index (χ1v) is 16.0. The van der Waals surface area contributed by atoms with Crippen molar-refractivity contribution in [2.24, 2.45) is 5.92 Å². The number of alkyl halides is 3. The van der Waals surface area contributed by atoms with Gasteiger partial charge in [-0.05, 0) is 55.5 Å². The van der Waals surface area contributed by atoms with Crippen molar-refractivity contribution < 1.29 is 32.2 Å². The van der Waals surface area contributed by atoms with Crippen LogP contribution in [0, 0.1) is 5.92 Å². The molecule has 248 valence electrons. The molecule has 1 unspecified atom stereocenters. The second-order valence-corrected chi connectivity index (χ2v) is 12.4. The standard InChI is InChI=1S/C33H39ClF3N5O4/c1-4-45-31(43)28-19-38-42(30(28)33(35,36)37)26-6-5-13-41(20-26)29-18-24(34)9-12-27(29)23-7-10-25(11-8-23)39-14-16-40(17-15-39)32(44)46-21-22(2)3/h7-12,18-19,22,26H,4-6,13-17,20-21H2,1-3H3. The topological polar surface area (TPSA) is 80.1 Å². The number of anilines is 2. The van der Waals surface area contributed by atoms with Gasteiger partial charge in [-0.25, -0.2) is 9.59 Å². The molecule has 0 bridgehead atoms. The lowest BCUT2D eigenvalue weighted by Crippen LogP contribution is -2.49. The number of amides is 1. The van der Waals surface area contributed by atoms with Gasteiger partial charge in [-0.2, -0.15) is 18.3 Å². The van der Waals surface area contributed by atoms with Crippen molar-refractivity contribution in [2.75, 3.05) is 62.3 Å². The number of halogens is 4. The third-order valence-corrected chi connectivity index (χ3v) is 8.46. The van der Waals surface area contributed by atoms with Gasteiger partial charge in [-0.15, -0.1) is 0 Å². The van der Waals surface area contributed by atoms with Crippen molar-refractivity contribution in [3.05, 3.63) is 64.9 Å². The van der Waals surface area contributed by atoms with Gasteiger partial charge < -0.3 is 24.2 Å². The molecule has 2 aromatic carbocycles. The highest BCUT2D eigenvalue weighted by Gasteiger charge is 2.42. The number of hydrogen-bond acceptors (Lipinski definition) is 7. The third kappa shape index (κ3) is 7.54. The predicted molar refractivity (Wildman–Crippen MR) is 171 cm³/mol. The number of esters is 1. The van der Waals surface area contributed by atoms with E-state index in [2.05, 4.69) is 10.00 Å². The van der Waals surface area contributed by atoms with E-state index in [1.807, 2.05) is 55.1 Å². The van der Waals surface area contributed by atoms with Gasteiger partial charge in [0.1, 0.15) is 5.56 Å². The van der Waals surface area contributed by atoms with Crippen molar-refractivity contribution in [1.29, 1.82) is 0 Å². The Morgan fingerprint density at radius 1 is 1.00 bits per heavy atom. The summed E-state index contributed by atoms with van der Waals surface area (Å²) in [6, 6.07) is 13.1. The Hall–Kier alpha value is -3.93. The maximum absolute atomic E-state index is 14.2. The number of piperidine rings is 1. The van der Waals surface area contributed by atoms with Gasteiger partial charge in [0.05, 0.1) is 25.5 Å². The molecule has 2 fully saturated rings. The van der Waals surface area contributed by atoms with Crippen LogP contribution in [0.15, 0.2) is 48.7 Å². The molecular weight excluding hydrogens is 623 g/mol. The molecule has 0 N–H and O–H groups in total. The van der Waals surface area contributed by atoms with Gasteiger partial charge in [-0.3, -0.25) is 4.68 Å². The third-order valence-electron chi connectivity index (χ3n) is 8.22. The quantitative estimate of drug-likeness (QED) is 0.237. The number of nitrogens with zero attached hydrogens (tertiary/aromatic N) is 5. The molecule has 9 nitrogen and oxygen atoms in total. The number of carbonyl (C=O) groups excluding carboxylic acids is 2. The van der Waals surface area contributed by atoms with Crippen LogP contribution in [0.3, 0.4) is 0 Å². The van der Waals surface area contributed by atoms with Gasteiger partial charge in [-0.1, -0.05) is 43.6 Å². The zero-order valence-electron chi connectivity index (χ0n) is 26.2. The molecule has 2 aliphatic heterocycles. The summed E-state index contributed by atoms with van der Waals surface area (Å²) in [4.78, 5) is 30.7. The summed E-state index contributed by atoms with van der Waals surface area (Å²) in [6.07, 6.45) is -3.02. The highest BCUT2D eigenvalue weighted by molar-refractivity contribution is 6.31. The molecule has 2 aliphatic rings. The van der Waals surface area contributed by atoms with E-state index in [-0.39, 0.29) is 25.2 Å². The van der Waals surface area contributed by atoms with E-state index in [4.69, 9.17) is 21.1 Å². The van der Waals surface area contributed by atoms with Crippen molar-refractivity contribution in [1.82, 2.24) is 14.7 Å². The molecule has 0 radical (unpaired) electrons. The van der Waals surface area contributed by atoms with Crippen LogP contribution in [0.1, 0.15) is 55.7 Å². The molecule has 3 heterocycles. The highest BCUT2D eigenvalue weighted by Crippen LogP contribution is 2.39. The summed E-state index contributed by atoms with van der Waals surface area (Å²) in [5.74, 6) is -0.758. The van der Waals surface area contributed by atoms with E-state index in [9.17, 15) is 22.8 Å². The fraction of sp³-hybridized carbons (Fsp3) is 0.485. The molecule has 46 heavy (non-hydrogen) atoms. The number of benzene rings is 2. The molecular formula is C33H39ClF3N5O4. The van der Waals surface area contributed by atoms with Crippen LogP contribution in [0.25, 0.3) is 11.1 Å². The Balaban J connectivity index is 1.33. The number of hydrogen-bond donors (Lipinski definition) is 0. The van der Waals surface area contributed by atoms with Crippen molar-refractivity contribution in [3.63, 3.8) is 0 Å². The average molecular weight is 662 g/mol. The summed E-state index contributed by atoms with van der Waals surface area (Å²) in [5.41, 5.74) is 2.01. The lowest BCUT2D eigenvalue weighted by Gasteiger charge is -2.37. The Morgan fingerprint density at radius 3 is 2.37 bits per heavy atom. The second kappa shape index (κ2) is 14.2. The zero-order valence-corrected chi connectivity index (χ0v) is 27.0. The van der Waals surface area contributed by atoms with E-state index in [0.29, 0.717) is 57.2 Å². The van der Waals surface area contributed by atoms with Gasteiger partial charge in [0.2, 0.25) is 0 Å². The van der Waals surface area contributed by atoms with Crippen molar-refractivity contribution in [2.45, 2.75) is 45.8 Å². The second-order valence-electron chi connectivity index (χ2n) is 12.0. The molecule has 1 aromatic heterocycles. The van der Waals surface area contributed by atoms with Crippen LogP contribution < -0.4 is 9.80 Å². The predicted octanol–water partition coefficient (Wildman–Crippen LogP) is 7.16. The number of carbonyl (C=O) groups is 2. The summed E-state index contributed by atoms with van der Waals surface area (Å²) >= 11 is 6.44. The van der Waals surface area contributed by atoms with E-state index in [0.717, 1.165) is 33.4 Å². The minimum atomic E-state index is -4.78. The lowest BCUT2D eigenvalue weighted by atomic mass is 9.99. The first-order valence-electron chi connectivity index (χ1n) is 15.6. The van der Waals surface area contributed by atoms with Crippen LogP contribution in [-0.2, 0) is 15.7 Å². The van der Waals surface area contributed by atoms with Gasteiger partial charge in [0.15, 0.2) is 5.69 Å². The molecule has 1 amide bonds. The molecule has 3 aromatic rings. The fourth-order valence-corrected chi connectivity index (χ4v) is 6.16. The number of aromatic nitrogens is 2. The van der Waals surface area contributed by atoms with Gasteiger partial charge in [0, 0.05) is 61.2 Å². The molecule has 5 rings (SSSR count). The molecule has 13 heteroatoms. The summed E-state index contributed by atoms with van der Waals surface area (Å²) in [5, 5.41) is 4.55. The normalized spacial score (nSPS) is 17.4. The van der Waals surface area contributed by atoms with Gasteiger partial charge >= 0.3 is 18.2 Å². The maximum Gasteiger partial charge on any atom is 0.433 e. The molecule has 2 saturated heterocycles. The van der Waals surface area contributed by atoms with E-state index >= 15 is 0 Å². The van der Waals surface area contributed by atoms with Crippen LogP contribution >= 0.6 is 11.6 Å². The first kappa shape index (κ1) is 33.4. The Bertz CT molecular complexity index is 1520. The Kier molecular flexibility index (Phi) is 10.3. The maximum atomic E-state index is 14.2. The fourth-order valence-electron chi connectivity index (χ4n) is 5.99. The molecule has 0 aliphatic carbocycles. The molecule has 0 saturated carbocycles. The molecule has 1 atom stereocenters. The first-order chi connectivity index (χ1) is 22.0. The number of piperazine rings is 1. The van der Waals surface area contributed by atoms with Crippen LogP contribution in [0.2, 0.25) is 5.02 Å². The monoisotopic (exact) mass is 661 g/mol. The largest absolute Gasteiger partial charge is 0.462 e. The smallest absolute Gasteiger partial charge is 0.433 e. The molecule has 0 spiro atoms. The Labute approximate surface area is 271 Å². The minimum Gasteiger partial charge on any atom is -0.462 e.